The minimum absolute atomic E-state index is 0.00601. The van der Waals surface area contributed by atoms with Crippen molar-refractivity contribution < 1.29 is 14.3 Å². The Labute approximate surface area is 209 Å². The molecule has 0 spiro atoms. The molecule has 2 amide bonds. The molecule has 2 atom stereocenters. The van der Waals surface area contributed by atoms with Gasteiger partial charge in [-0.1, -0.05) is 51.8 Å². The summed E-state index contributed by atoms with van der Waals surface area (Å²) in [4.78, 5) is 31.6. The number of fused-ring (bicyclic) bond motifs is 1. The number of carbonyl (C=O) groups is 2. The quantitative estimate of drug-likeness (QED) is 0.429. The fourth-order valence-electron chi connectivity index (χ4n) is 4.50. The highest BCUT2D eigenvalue weighted by Gasteiger charge is 2.33. The van der Waals surface area contributed by atoms with Crippen molar-refractivity contribution in [3.05, 3.63) is 51.2 Å². The first-order chi connectivity index (χ1) is 16.2. The Bertz CT molecular complexity index is 984. The fourth-order valence-corrected chi connectivity index (χ4v) is 5.43. The maximum absolute atomic E-state index is 13.6. The van der Waals surface area contributed by atoms with E-state index in [4.69, 9.17) is 4.74 Å². The minimum Gasteiger partial charge on any atom is -0.491 e. The Morgan fingerprint density at radius 1 is 1.21 bits per heavy atom. The molecular formula is C28H40N2O3S. The Balaban J connectivity index is 1.78. The van der Waals surface area contributed by atoms with E-state index in [0.717, 1.165) is 24.2 Å². The van der Waals surface area contributed by atoms with Crippen molar-refractivity contribution in [3.8, 4) is 5.75 Å². The van der Waals surface area contributed by atoms with Crippen LogP contribution in [0.25, 0.3) is 0 Å². The van der Waals surface area contributed by atoms with Gasteiger partial charge in [0.2, 0.25) is 11.8 Å². The molecule has 3 rings (SSSR count). The van der Waals surface area contributed by atoms with Gasteiger partial charge in [-0.3, -0.25) is 9.59 Å². The second-order valence-corrected chi connectivity index (χ2v) is 11.1. The van der Waals surface area contributed by atoms with E-state index in [9.17, 15) is 9.59 Å². The lowest BCUT2D eigenvalue weighted by Gasteiger charge is -2.37. The number of nitrogens with zero attached hydrogens (tertiary/aromatic N) is 2. The predicted octanol–water partition coefficient (Wildman–Crippen LogP) is 5.79. The summed E-state index contributed by atoms with van der Waals surface area (Å²) in [6.07, 6.45) is 2.30. The van der Waals surface area contributed by atoms with E-state index in [1.165, 1.54) is 16.0 Å². The molecule has 0 N–H and O–H groups in total. The molecule has 6 heteroatoms. The average molecular weight is 485 g/mol. The predicted molar refractivity (Wildman–Crippen MR) is 139 cm³/mol. The lowest BCUT2D eigenvalue weighted by atomic mass is 10.00. The summed E-state index contributed by atoms with van der Waals surface area (Å²) < 4.78 is 6.26. The van der Waals surface area contributed by atoms with Crippen molar-refractivity contribution >= 4 is 23.2 Å². The Morgan fingerprint density at radius 2 is 1.97 bits per heavy atom. The molecule has 0 radical (unpaired) electrons. The number of hydrogen-bond donors (Lipinski definition) is 0. The van der Waals surface area contributed by atoms with Gasteiger partial charge in [-0.05, 0) is 60.7 Å². The first kappa shape index (κ1) is 26.3. The molecule has 1 aliphatic rings. The number of benzene rings is 1. The van der Waals surface area contributed by atoms with Crippen LogP contribution in [-0.4, -0.2) is 47.9 Å². The molecule has 2 heterocycles. The second kappa shape index (κ2) is 11.9. The molecule has 186 valence electrons. The number of ether oxygens (including phenoxy) is 1. The third-order valence-corrected chi connectivity index (χ3v) is 7.63. The van der Waals surface area contributed by atoms with Crippen LogP contribution in [0.2, 0.25) is 0 Å². The molecule has 0 saturated heterocycles. The summed E-state index contributed by atoms with van der Waals surface area (Å²) in [5, 5.41) is 2.10. The summed E-state index contributed by atoms with van der Waals surface area (Å²) >= 11 is 1.75. The minimum atomic E-state index is -0.145. The van der Waals surface area contributed by atoms with Gasteiger partial charge in [-0.2, -0.15) is 0 Å². The molecule has 0 aliphatic carbocycles. The van der Waals surface area contributed by atoms with Gasteiger partial charge in [-0.25, -0.2) is 0 Å². The maximum atomic E-state index is 13.6. The van der Waals surface area contributed by atoms with Crippen LogP contribution in [0.3, 0.4) is 0 Å². The van der Waals surface area contributed by atoms with Crippen LogP contribution in [0.1, 0.15) is 68.1 Å². The fraction of sp³-hybridized carbons (Fsp3) is 0.571. The van der Waals surface area contributed by atoms with Gasteiger partial charge in [0.1, 0.15) is 12.4 Å². The van der Waals surface area contributed by atoms with Gasteiger partial charge in [0.05, 0.1) is 12.6 Å². The van der Waals surface area contributed by atoms with Crippen molar-refractivity contribution in [1.82, 2.24) is 9.80 Å². The SMILES string of the molecule is CC[C@@H](C)CN(CC(=O)N1CCc2sccc2[C@H]1COc1ccc(C)cc1C)C(=O)CC(C)C. The van der Waals surface area contributed by atoms with Crippen LogP contribution in [-0.2, 0) is 16.0 Å². The molecule has 1 aromatic heterocycles. The molecule has 5 nitrogen and oxygen atoms in total. The maximum Gasteiger partial charge on any atom is 0.242 e. The standard InChI is InChI=1S/C28H40N2O3S/c1-7-20(4)16-29(27(31)14-19(2)3)17-28(32)30-12-10-26-23(11-13-34-26)24(30)18-33-25-9-8-21(5)15-22(25)6/h8-9,11,13,15,19-20,24H,7,10,12,14,16-18H2,1-6H3/t20-,24-/m1/s1. The normalized spacial score (nSPS) is 16.3. The van der Waals surface area contributed by atoms with Crippen LogP contribution in [0.5, 0.6) is 5.75 Å². The van der Waals surface area contributed by atoms with Gasteiger partial charge in [0.15, 0.2) is 0 Å². The van der Waals surface area contributed by atoms with Gasteiger partial charge >= 0.3 is 0 Å². The Kier molecular flexibility index (Phi) is 9.17. The van der Waals surface area contributed by atoms with Crippen molar-refractivity contribution in [3.63, 3.8) is 0 Å². The summed E-state index contributed by atoms with van der Waals surface area (Å²) in [5.74, 6) is 1.55. The third-order valence-electron chi connectivity index (χ3n) is 6.63. The smallest absolute Gasteiger partial charge is 0.242 e. The third kappa shape index (κ3) is 6.62. The zero-order valence-corrected chi connectivity index (χ0v) is 22.4. The molecule has 0 bridgehead atoms. The largest absolute Gasteiger partial charge is 0.491 e. The van der Waals surface area contributed by atoms with Crippen LogP contribution >= 0.6 is 11.3 Å². The van der Waals surface area contributed by atoms with Gasteiger partial charge in [-0.15, -0.1) is 11.3 Å². The summed E-state index contributed by atoms with van der Waals surface area (Å²) in [7, 11) is 0. The lowest BCUT2D eigenvalue weighted by molar-refractivity contribution is -0.143. The van der Waals surface area contributed by atoms with Crippen LogP contribution in [0.4, 0.5) is 0 Å². The molecule has 0 fully saturated rings. The molecule has 1 aliphatic heterocycles. The molecule has 34 heavy (non-hydrogen) atoms. The number of amides is 2. The lowest BCUT2D eigenvalue weighted by Crippen LogP contribution is -2.48. The number of rotatable bonds is 10. The zero-order chi connectivity index (χ0) is 24.8. The van der Waals surface area contributed by atoms with Gasteiger partial charge in [0, 0.05) is 24.4 Å². The highest BCUT2D eigenvalue weighted by atomic mass is 32.1. The Morgan fingerprint density at radius 3 is 2.65 bits per heavy atom. The summed E-state index contributed by atoms with van der Waals surface area (Å²) in [6.45, 7) is 14.3. The summed E-state index contributed by atoms with van der Waals surface area (Å²) in [5.41, 5.74) is 3.47. The second-order valence-electron chi connectivity index (χ2n) is 10.1. The number of thiophene rings is 1. The molecule has 0 unspecified atom stereocenters. The van der Waals surface area contributed by atoms with Crippen LogP contribution < -0.4 is 4.74 Å². The number of aryl methyl sites for hydroxylation is 2. The van der Waals surface area contributed by atoms with E-state index >= 15 is 0 Å². The van der Waals surface area contributed by atoms with Crippen molar-refractivity contribution in [2.24, 2.45) is 11.8 Å². The first-order valence-electron chi connectivity index (χ1n) is 12.5. The van der Waals surface area contributed by atoms with E-state index in [-0.39, 0.29) is 30.3 Å². The van der Waals surface area contributed by atoms with E-state index in [1.54, 1.807) is 16.2 Å². The molecule has 0 saturated carbocycles. The Hall–Kier alpha value is -2.34. The molecule has 2 aromatic rings. The van der Waals surface area contributed by atoms with Gasteiger partial charge < -0.3 is 14.5 Å². The van der Waals surface area contributed by atoms with E-state index in [2.05, 4.69) is 51.3 Å². The molecule has 1 aromatic carbocycles. The highest BCUT2D eigenvalue weighted by Crippen LogP contribution is 2.34. The monoisotopic (exact) mass is 484 g/mol. The zero-order valence-electron chi connectivity index (χ0n) is 21.6. The van der Waals surface area contributed by atoms with Crippen LogP contribution in [0.15, 0.2) is 29.6 Å². The van der Waals surface area contributed by atoms with E-state index in [0.29, 0.717) is 32.0 Å². The van der Waals surface area contributed by atoms with Crippen LogP contribution in [0, 0.1) is 25.7 Å². The van der Waals surface area contributed by atoms with Crippen molar-refractivity contribution in [2.75, 3.05) is 26.2 Å². The van der Waals surface area contributed by atoms with E-state index in [1.807, 2.05) is 24.8 Å². The number of hydrogen-bond acceptors (Lipinski definition) is 4. The molecular weight excluding hydrogens is 444 g/mol. The van der Waals surface area contributed by atoms with Gasteiger partial charge in [0.25, 0.3) is 0 Å². The van der Waals surface area contributed by atoms with Crippen molar-refractivity contribution in [2.45, 2.75) is 66.8 Å². The van der Waals surface area contributed by atoms with Crippen molar-refractivity contribution in [1.29, 1.82) is 0 Å². The average Bonchev–Trinajstić information content (AvgIpc) is 3.26. The number of carbonyl (C=O) groups excluding carboxylic acids is 2. The topological polar surface area (TPSA) is 49.9 Å². The highest BCUT2D eigenvalue weighted by molar-refractivity contribution is 7.10. The first-order valence-corrected chi connectivity index (χ1v) is 13.4. The van der Waals surface area contributed by atoms with E-state index < -0.39 is 0 Å². The summed E-state index contributed by atoms with van der Waals surface area (Å²) in [6, 6.07) is 8.15.